The van der Waals surface area contributed by atoms with E-state index >= 15 is 0 Å². The number of nitrogens with one attached hydrogen (secondary N) is 1. The molecule has 3 N–H and O–H groups in total. The second-order valence-electron chi connectivity index (χ2n) is 4.13. The van der Waals surface area contributed by atoms with Crippen LogP contribution >= 0.6 is 0 Å². The Balaban J connectivity index is 3.00. The molecule has 0 aliphatic heterocycles. The molecular weight excluding hydrogens is 285 g/mol. The molecule has 0 heterocycles. The summed E-state index contributed by atoms with van der Waals surface area (Å²) in [6.45, 7) is 0.368. The molecule has 0 radical (unpaired) electrons. The number of benzene rings is 1. The van der Waals surface area contributed by atoms with Crippen molar-refractivity contribution in [2.75, 3.05) is 26.8 Å². The molecule has 0 spiro atoms. The Morgan fingerprint density at radius 2 is 2.15 bits per heavy atom. The summed E-state index contributed by atoms with van der Waals surface area (Å²) < 4.78 is 44.0. The maximum atomic E-state index is 13.2. The predicted molar refractivity (Wildman–Crippen MR) is 73.6 cm³/mol. The molecule has 1 rings (SSSR count). The van der Waals surface area contributed by atoms with E-state index in [1.54, 1.807) is 0 Å². The number of nitrogens with two attached hydrogens (primary N) is 1. The minimum Gasteiger partial charge on any atom is -0.388 e. The van der Waals surface area contributed by atoms with Gasteiger partial charge in [0.05, 0.1) is 17.3 Å². The fourth-order valence-electron chi connectivity index (χ4n) is 1.57. The van der Waals surface area contributed by atoms with Gasteiger partial charge in [0.2, 0.25) is 10.0 Å². The third-order valence-corrected chi connectivity index (χ3v) is 4.50. The zero-order valence-corrected chi connectivity index (χ0v) is 12.0. The molecule has 0 atom stereocenters. The number of halogens is 1. The van der Waals surface area contributed by atoms with Crippen LogP contribution in [0.4, 0.5) is 4.39 Å². The molecule has 0 saturated carbocycles. The van der Waals surface area contributed by atoms with Gasteiger partial charge in [-0.3, -0.25) is 5.41 Å². The summed E-state index contributed by atoms with van der Waals surface area (Å²) in [6, 6.07) is 4.80. The quantitative estimate of drug-likeness (QED) is 0.548. The first kappa shape index (κ1) is 16.5. The highest BCUT2D eigenvalue weighted by Gasteiger charge is 2.24. The van der Waals surface area contributed by atoms with Gasteiger partial charge in [-0.1, -0.05) is 6.07 Å². The lowest BCUT2D eigenvalue weighted by Crippen LogP contribution is -2.36. The summed E-state index contributed by atoms with van der Waals surface area (Å²) in [7, 11) is -2.37. The van der Waals surface area contributed by atoms with Crippen molar-refractivity contribution in [2.45, 2.75) is 11.3 Å². The molecule has 112 valence electrons. The topological polar surface area (TPSA) is 96.5 Å². The van der Waals surface area contributed by atoms with Crippen molar-refractivity contribution >= 4 is 15.9 Å². The second-order valence-corrected chi connectivity index (χ2v) is 6.07. The van der Waals surface area contributed by atoms with Gasteiger partial charge >= 0.3 is 0 Å². The summed E-state index contributed by atoms with van der Waals surface area (Å²) in [6.07, 6.45) is 0.109. The average Bonchev–Trinajstić information content (AvgIpc) is 2.38. The maximum absolute atomic E-state index is 13.2. The SMILES string of the molecule is COCCN(CCC(=N)N)S(=O)(=O)c1cccc(F)c1. The highest BCUT2D eigenvalue weighted by molar-refractivity contribution is 7.89. The number of methoxy groups -OCH3 is 1. The fourth-order valence-corrected chi connectivity index (χ4v) is 3.02. The zero-order chi connectivity index (χ0) is 15.2. The Morgan fingerprint density at radius 1 is 1.45 bits per heavy atom. The van der Waals surface area contributed by atoms with E-state index in [1.807, 2.05) is 0 Å². The van der Waals surface area contributed by atoms with Crippen molar-refractivity contribution in [1.82, 2.24) is 4.31 Å². The number of nitrogens with zero attached hydrogens (tertiary/aromatic N) is 1. The van der Waals surface area contributed by atoms with Gasteiger partial charge in [0.15, 0.2) is 0 Å². The Kier molecular flexibility index (Phi) is 6.05. The molecule has 6 nitrogen and oxygen atoms in total. The van der Waals surface area contributed by atoms with Crippen LogP contribution in [0.5, 0.6) is 0 Å². The van der Waals surface area contributed by atoms with E-state index in [1.165, 1.54) is 25.3 Å². The van der Waals surface area contributed by atoms with Crippen LogP contribution in [0.15, 0.2) is 29.2 Å². The van der Waals surface area contributed by atoms with Crippen LogP contribution in [0, 0.1) is 11.2 Å². The number of hydrogen-bond donors (Lipinski definition) is 2. The Bertz CT molecular complexity index is 563. The van der Waals surface area contributed by atoms with Gasteiger partial charge in [-0.05, 0) is 18.2 Å². The lowest BCUT2D eigenvalue weighted by molar-refractivity contribution is 0.179. The Hall–Kier alpha value is -1.51. The molecule has 0 bridgehead atoms. The number of hydrogen-bond acceptors (Lipinski definition) is 4. The van der Waals surface area contributed by atoms with E-state index in [-0.39, 0.29) is 36.8 Å². The third-order valence-electron chi connectivity index (χ3n) is 2.61. The van der Waals surface area contributed by atoms with E-state index in [0.29, 0.717) is 0 Å². The van der Waals surface area contributed by atoms with Gasteiger partial charge in [-0.25, -0.2) is 12.8 Å². The molecule has 0 fully saturated rings. The summed E-state index contributed by atoms with van der Waals surface area (Å²) >= 11 is 0. The lowest BCUT2D eigenvalue weighted by Gasteiger charge is -2.21. The molecule has 0 saturated heterocycles. The first-order valence-electron chi connectivity index (χ1n) is 5.95. The van der Waals surface area contributed by atoms with Crippen LogP contribution in [-0.2, 0) is 14.8 Å². The van der Waals surface area contributed by atoms with Crippen molar-refractivity contribution in [3.8, 4) is 0 Å². The van der Waals surface area contributed by atoms with Crippen LogP contribution in [0.25, 0.3) is 0 Å². The molecule has 1 aromatic rings. The monoisotopic (exact) mass is 303 g/mol. The van der Waals surface area contributed by atoms with E-state index in [4.69, 9.17) is 15.9 Å². The third kappa shape index (κ3) is 4.55. The normalized spacial score (nSPS) is 11.8. The minimum absolute atomic E-state index is 0.0531. The molecule has 0 aliphatic carbocycles. The highest BCUT2D eigenvalue weighted by atomic mass is 32.2. The number of sulfonamides is 1. The molecule has 1 aromatic carbocycles. The van der Waals surface area contributed by atoms with Crippen LogP contribution in [0.3, 0.4) is 0 Å². The van der Waals surface area contributed by atoms with Crippen LogP contribution < -0.4 is 5.73 Å². The molecule has 0 unspecified atom stereocenters. The fraction of sp³-hybridized carbons (Fsp3) is 0.417. The van der Waals surface area contributed by atoms with Crippen LogP contribution in [0.2, 0.25) is 0 Å². The Labute approximate surface area is 117 Å². The molecular formula is C12H18FN3O3S. The van der Waals surface area contributed by atoms with Crippen molar-refractivity contribution in [3.05, 3.63) is 30.1 Å². The zero-order valence-electron chi connectivity index (χ0n) is 11.2. The number of rotatable bonds is 8. The largest absolute Gasteiger partial charge is 0.388 e. The summed E-state index contributed by atoms with van der Waals surface area (Å²) in [4.78, 5) is -0.128. The highest BCUT2D eigenvalue weighted by Crippen LogP contribution is 2.16. The number of ether oxygens (including phenoxy) is 1. The molecule has 0 aromatic heterocycles. The summed E-state index contributed by atoms with van der Waals surface area (Å²) in [5.41, 5.74) is 5.25. The van der Waals surface area contributed by atoms with Gasteiger partial charge in [0, 0.05) is 26.6 Å². The summed E-state index contributed by atoms with van der Waals surface area (Å²) in [5.74, 6) is -0.730. The van der Waals surface area contributed by atoms with Gasteiger partial charge in [0.1, 0.15) is 5.82 Å². The maximum Gasteiger partial charge on any atom is 0.243 e. The number of amidine groups is 1. The second kappa shape index (κ2) is 7.32. The lowest BCUT2D eigenvalue weighted by atomic mass is 10.4. The van der Waals surface area contributed by atoms with E-state index in [0.717, 1.165) is 10.4 Å². The van der Waals surface area contributed by atoms with Gasteiger partial charge in [-0.15, -0.1) is 0 Å². The Morgan fingerprint density at radius 3 is 2.70 bits per heavy atom. The van der Waals surface area contributed by atoms with Crippen LogP contribution in [0.1, 0.15) is 6.42 Å². The van der Waals surface area contributed by atoms with Crippen LogP contribution in [-0.4, -0.2) is 45.4 Å². The standard InChI is InChI=1S/C12H18FN3O3S/c1-19-8-7-16(6-5-12(14)15)20(17,18)11-4-2-3-10(13)9-11/h2-4,9H,5-8H2,1H3,(H3,14,15). The molecule has 0 aliphatic rings. The summed E-state index contributed by atoms with van der Waals surface area (Å²) in [5, 5.41) is 7.17. The smallest absolute Gasteiger partial charge is 0.243 e. The van der Waals surface area contributed by atoms with E-state index < -0.39 is 15.8 Å². The first-order valence-corrected chi connectivity index (χ1v) is 7.39. The van der Waals surface area contributed by atoms with Gasteiger partial charge < -0.3 is 10.5 Å². The van der Waals surface area contributed by atoms with Crippen molar-refractivity contribution in [3.63, 3.8) is 0 Å². The first-order chi connectivity index (χ1) is 9.37. The predicted octanol–water partition coefficient (Wildman–Crippen LogP) is 0.789. The van der Waals surface area contributed by atoms with Crippen molar-refractivity contribution < 1.29 is 17.5 Å². The minimum atomic E-state index is -3.83. The van der Waals surface area contributed by atoms with Crippen molar-refractivity contribution in [1.29, 1.82) is 5.41 Å². The average molecular weight is 303 g/mol. The van der Waals surface area contributed by atoms with Gasteiger partial charge in [0.25, 0.3) is 0 Å². The molecule has 0 amide bonds. The van der Waals surface area contributed by atoms with Crippen molar-refractivity contribution in [2.24, 2.45) is 5.73 Å². The molecule has 8 heteroatoms. The van der Waals surface area contributed by atoms with E-state index in [2.05, 4.69) is 0 Å². The van der Waals surface area contributed by atoms with Gasteiger partial charge in [-0.2, -0.15) is 4.31 Å². The van der Waals surface area contributed by atoms with E-state index in [9.17, 15) is 12.8 Å². The molecule has 20 heavy (non-hydrogen) atoms.